The van der Waals surface area contributed by atoms with Gasteiger partial charge in [-0.25, -0.2) is 0 Å². The van der Waals surface area contributed by atoms with Gasteiger partial charge in [0.15, 0.2) is 0 Å². The lowest BCUT2D eigenvalue weighted by Gasteiger charge is -2.22. The van der Waals surface area contributed by atoms with Crippen LogP contribution < -0.4 is 9.47 Å². The van der Waals surface area contributed by atoms with Crippen LogP contribution in [0.2, 0.25) is 0 Å². The van der Waals surface area contributed by atoms with E-state index in [0.29, 0.717) is 29.4 Å². The van der Waals surface area contributed by atoms with E-state index in [1.165, 1.54) is 11.8 Å². The first kappa shape index (κ1) is 20.3. The largest absolute Gasteiger partial charge is 0.497 e. The molecular formula is C22H23N3O4S. The van der Waals surface area contributed by atoms with Crippen molar-refractivity contribution in [1.29, 1.82) is 0 Å². The minimum absolute atomic E-state index is 0.0651. The highest BCUT2D eigenvalue weighted by molar-refractivity contribution is 7.99. The Morgan fingerprint density at radius 1 is 1.10 bits per heavy atom. The molecule has 7 nitrogen and oxygen atoms in total. The lowest BCUT2D eigenvalue weighted by Crippen LogP contribution is -2.33. The number of ether oxygens (including phenoxy) is 2. The van der Waals surface area contributed by atoms with Crippen LogP contribution in [0.5, 0.6) is 11.5 Å². The van der Waals surface area contributed by atoms with Gasteiger partial charge in [0.25, 0.3) is 11.1 Å². The van der Waals surface area contributed by atoms with E-state index in [1.54, 1.807) is 14.2 Å². The molecule has 1 aliphatic carbocycles. The lowest BCUT2D eigenvalue weighted by molar-refractivity contribution is -0.129. The van der Waals surface area contributed by atoms with Crippen LogP contribution in [0, 0.1) is 0 Å². The van der Waals surface area contributed by atoms with Gasteiger partial charge in [-0.05, 0) is 42.7 Å². The fourth-order valence-electron chi connectivity index (χ4n) is 3.14. The average molecular weight is 426 g/mol. The summed E-state index contributed by atoms with van der Waals surface area (Å²) in [7, 11) is 3.24. The number of hydrogen-bond donors (Lipinski definition) is 0. The monoisotopic (exact) mass is 425 g/mol. The summed E-state index contributed by atoms with van der Waals surface area (Å²) in [5.41, 5.74) is 1.81. The molecule has 0 aliphatic heterocycles. The molecule has 0 atom stereocenters. The minimum Gasteiger partial charge on any atom is -0.497 e. The maximum absolute atomic E-state index is 12.9. The summed E-state index contributed by atoms with van der Waals surface area (Å²) in [5, 5.41) is 8.53. The van der Waals surface area contributed by atoms with Gasteiger partial charge < -0.3 is 18.8 Å². The number of nitrogens with zero attached hydrogens (tertiary/aromatic N) is 3. The second-order valence-electron chi connectivity index (χ2n) is 6.96. The van der Waals surface area contributed by atoms with Crippen molar-refractivity contribution in [1.82, 2.24) is 15.1 Å². The predicted octanol–water partition coefficient (Wildman–Crippen LogP) is 4.04. The fraction of sp³-hybridized carbons (Fsp3) is 0.318. The lowest BCUT2D eigenvalue weighted by atomic mass is 10.2. The van der Waals surface area contributed by atoms with Crippen molar-refractivity contribution in [2.24, 2.45) is 0 Å². The Hall–Kier alpha value is -3.00. The zero-order chi connectivity index (χ0) is 20.9. The van der Waals surface area contributed by atoms with Crippen LogP contribution in [0.15, 0.2) is 58.2 Å². The number of carbonyl (C=O) groups is 1. The van der Waals surface area contributed by atoms with Gasteiger partial charge in [0, 0.05) is 12.6 Å². The van der Waals surface area contributed by atoms with E-state index in [9.17, 15) is 4.79 Å². The maximum atomic E-state index is 12.9. The smallest absolute Gasteiger partial charge is 0.277 e. The average Bonchev–Trinajstić information content (AvgIpc) is 3.53. The highest BCUT2D eigenvalue weighted by Crippen LogP contribution is 2.32. The molecule has 30 heavy (non-hydrogen) atoms. The number of thioether (sulfide) groups is 1. The molecule has 0 unspecified atom stereocenters. The molecule has 1 aliphatic rings. The third kappa shape index (κ3) is 4.76. The molecule has 0 N–H and O–H groups in total. The van der Waals surface area contributed by atoms with E-state index in [1.807, 2.05) is 53.4 Å². The molecule has 0 bridgehead atoms. The van der Waals surface area contributed by atoms with Crippen LogP contribution in [0.3, 0.4) is 0 Å². The molecule has 8 heteroatoms. The highest BCUT2D eigenvalue weighted by Gasteiger charge is 2.32. The first-order valence-electron chi connectivity index (χ1n) is 9.70. The number of aromatic nitrogens is 2. The number of para-hydroxylation sites is 1. The van der Waals surface area contributed by atoms with Crippen LogP contribution in [0.4, 0.5) is 0 Å². The summed E-state index contributed by atoms with van der Waals surface area (Å²) >= 11 is 1.26. The summed E-state index contributed by atoms with van der Waals surface area (Å²) in [6.07, 6.45) is 2.09. The van der Waals surface area contributed by atoms with Crippen molar-refractivity contribution in [2.45, 2.75) is 30.7 Å². The fourth-order valence-corrected chi connectivity index (χ4v) is 3.79. The Balaban J connectivity index is 1.38. The van der Waals surface area contributed by atoms with Crippen LogP contribution in [-0.2, 0) is 11.3 Å². The molecule has 4 rings (SSSR count). The third-order valence-corrected chi connectivity index (χ3v) is 5.69. The topological polar surface area (TPSA) is 77.7 Å². The van der Waals surface area contributed by atoms with Crippen molar-refractivity contribution in [3.8, 4) is 23.0 Å². The molecule has 1 heterocycles. The summed E-state index contributed by atoms with van der Waals surface area (Å²) in [4.78, 5) is 14.8. The van der Waals surface area contributed by atoms with Gasteiger partial charge in [0.2, 0.25) is 5.91 Å². The Kier molecular flexibility index (Phi) is 6.23. The molecule has 1 saturated carbocycles. The maximum Gasteiger partial charge on any atom is 0.277 e. The Labute approximate surface area is 179 Å². The van der Waals surface area contributed by atoms with E-state index in [0.717, 1.165) is 29.7 Å². The molecule has 1 aromatic heterocycles. The summed E-state index contributed by atoms with van der Waals surface area (Å²) < 4.78 is 16.3. The quantitative estimate of drug-likeness (QED) is 0.479. The number of rotatable bonds is 9. The van der Waals surface area contributed by atoms with Gasteiger partial charge >= 0.3 is 0 Å². The molecule has 0 spiro atoms. The predicted molar refractivity (Wildman–Crippen MR) is 114 cm³/mol. The van der Waals surface area contributed by atoms with Gasteiger partial charge in [-0.3, -0.25) is 4.79 Å². The van der Waals surface area contributed by atoms with Crippen molar-refractivity contribution < 1.29 is 18.7 Å². The molecule has 3 aromatic rings. The van der Waals surface area contributed by atoms with Crippen molar-refractivity contribution >= 4 is 17.7 Å². The molecule has 0 radical (unpaired) electrons. The van der Waals surface area contributed by atoms with Crippen LogP contribution in [0.1, 0.15) is 18.4 Å². The van der Waals surface area contributed by atoms with Crippen LogP contribution >= 0.6 is 11.8 Å². The molecule has 1 fully saturated rings. The number of benzene rings is 2. The second-order valence-corrected chi connectivity index (χ2v) is 7.89. The molecular weight excluding hydrogens is 402 g/mol. The SMILES string of the molecule is COc1ccc(CN(C(=O)CSc2nnc(-c3ccccc3OC)o2)C2CC2)cc1. The molecule has 156 valence electrons. The van der Waals surface area contributed by atoms with Crippen molar-refractivity contribution in [3.05, 3.63) is 54.1 Å². The van der Waals surface area contributed by atoms with E-state index < -0.39 is 0 Å². The molecule has 0 saturated heterocycles. The standard InChI is InChI=1S/C22H23N3O4S/c1-27-17-11-7-15(8-12-17)13-25(16-9-10-16)20(26)14-30-22-24-23-21(29-22)18-5-3-4-6-19(18)28-2/h3-8,11-12,16H,9-10,13-14H2,1-2H3. The number of amides is 1. The normalized spacial score (nSPS) is 13.1. The summed E-state index contributed by atoms with van der Waals surface area (Å²) in [5.74, 6) is 2.16. The first-order valence-corrected chi connectivity index (χ1v) is 10.7. The minimum atomic E-state index is 0.0651. The number of methoxy groups -OCH3 is 2. The first-order chi connectivity index (χ1) is 14.7. The highest BCUT2D eigenvalue weighted by atomic mass is 32.2. The van der Waals surface area contributed by atoms with Crippen LogP contribution in [-0.4, -0.2) is 47.0 Å². The Morgan fingerprint density at radius 3 is 2.57 bits per heavy atom. The van der Waals surface area contributed by atoms with Gasteiger partial charge in [-0.15, -0.1) is 10.2 Å². The van der Waals surface area contributed by atoms with Crippen molar-refractivity contribution in [2.75, 3.05) is 20.0 Å². The Bertz CT molecular complexity index is 1000. The van der Waals surface area contributed by atoms with E-state index in [2.05, 4.69) is 10.2 Å². The zero-order valence-electron chi connectivity index (χ0n) is 16.9. The second kappa shape index (κ2) is 9.21. The third-order valence-electron chi connectivity index (χ3n) is 4.88. The van der Waals surface area contributed by atoms with Gasteiger partial charge in [0.1, 0.15) is 11.5 Å². The summed E-state index contributed by atoms with van der Waals surface area (Å²) in [6.45, 7) is 0.588. The summed E-state index contributed by atoms with van der Waals surface area (Å²) in [6, 6.07) is 15.6. The van der Waals surface area contributed by atoms with Crippen LogP contribution in [0.25, 0.3) is 11.5 Å². The zero-order valence-corrected chi connectivity index (χ0v) is 17.7. The molecule has 2 aromatic carbocycles. The van der Waals surface area contributed by atoms with Gasteiger partial charge in [-0.2, -0.15) is 0 Å². The number of carbonyl (C=O) groups excluding carboxylic acids is 1. The Morgan fingerprint density at radius 2 is 1.87 bits per heavy atom. The van der Waals surface area contributed by atoms with E-state index >= 15 is 0 Å². The van der Waals surface area contributed by atoms with E-state index in [-0.39, 0.29) is 11.7 Å². The van der Waals surface area contributed by atoms with E-state index in [4.69, 9.17) is 13.9 Å². The van der Waals surface area contributed by atoms with Gasteiger partial charge in [-0.1, -0.05) is 36.0 Å². The number of hydrogen-bond acceptors (Lipinski definition) is 7. The molecule has 1 amide bonds. The van der Waals surface area contributed by atoms with Crippen molar-refractivity contribution in [3.63, 3.8) is 0 Å². The van der Waals surface area contributed by atoms with Gasteiger partial charge in [0.05, 0.1) is 25.5 Å².